The molecule has 4 nitrogen and oxygen atoms in total. The SMILES string of the molecule is CCCC1(c2nc(-c3cscc3C)no2)CCNC1. The van der Waals surface area contributed by atoms with E-state index in [1.54, 1.807) is 11.3 Å². The van der Waals surface area contributed by atoms with Gasteiger partial charge in [-0.1, -0.05) is 18.5 Å². The van der Waals surface area contributed by atoms with Gasteiger partial charge >= 0.3 is 0 Å². The Balaban J connectivity index is 1.94. The van der Waals surface area contributed by atoms with Gasteiger partial charge in [0.2, 0.25) is 11.7 Å². The Bertz CT molecular complexity index is 555. The van der Waals surface area contributed by atoms with E-state index in [-0.39, 0.29) is 5.41 Å². The van der Waals surface area contributed by atoms with Gasteiger partial charge in [0.1, 0.15) is 0 Å². The lowest BCUT2D eigenvalue weighted by Crippen LogP contribution is -2.29. The fraction of sp³-hybridized carbons (Fsp3) is 0.571. The number of nitrogens with zero attached hydrogens (tertiary/aromatic N) is 2. The predicted octanol–water partition coefficient (Wildman–Crippen LogP) is 3.14. The van der Waals surface area contributed by atoms with Gasteiger partial charge in [0, 0.05) is 17.5 Å². The molecule has 1 saturated heterocycles. The molecule has 0 aliphatic carbocycles. The van der Waals surface area contributed by atoms with Crippen molar-refractivity contribution in [2.24, 2.45) is 0 Å². The summed E-state index contributed by atoms with van der Waals surface area (Å²) < 4.78 is 5.59. The van der Waals surface area contributed by atoms with E-state index in [1.807, 2.05) is 0 Å². The van der Waals surface area contributed by atoms with Gasteiger partial charge in [0.15, 0.2) is 0 Å². The molecule has 1 aliphatic heterocycles. The van der Waals surface area contributed by atoms with Crippen molar-refractivity contribution < 1.29 is 4.52 Å². The normalized spacial score (nSPS) is 23.1. The van der Waals surface area contributed by atoms with Crippen LogP contribution in [-0.4, -0.2) is 23.2 Å². The molecule has 2 aromatic heterocycles. The minimum Gasteiger partial charge on any atom is -0.338 e. The quantitative estimate of drug-likeness (QED) is 0.932. The van der Waals surface area contributed by atoms with Crippen molar-refractivity contribution in [2.75, 3.05) is 13.1 Å². The Morgan fingerprint density at radius 2 is 2.37 bits per heavy atom. The summed E-state index contributed by atoms with van der Waals surface area (Å²) in [7, 11) is 0. The first kappa shape index (κ1) is 12.8. The fourth-order valence-corrected chi connectivity index (χ4v) is 3.69. The molecule has 0 radical (unpaired) electrons. The highest BCUT2D eigenvalue weighted by Gasteiger charge is 2.40. The monoisotopic (exact) mass is 277 g/mol. The average Bonchev–Trinajstić information content (AvgIpc) is 3.08. The molecule has 0 aromatic carbocycles. The smallest absolute Gasteiger partial charge is 0.234 e. The highest BCUT2D eigenvalue weighted by Crippen LogP contribution is 2.35. The molecule has 0 saturated carbocycles. The first-order chi connectivity index (χ1) is 9.25. The molecule has 2 aromatic rings. The summed E-state index contributed by atoms with van der Waals surface area (Å²) in [5.74, 6) is 1.54. The molecular weight excluding hydrogens is 258 g/mol. The highest BCUT2D eigenvalue weighted by molar-refractivity contribution is 7.08. The van der Waals surface area contributed by atoms with Crippen LogP contribution in [-0.2, 0) is 5.41 Å². The third-order valence-electron chi connectivity index (χ3n) is 3.95. The topological polar surface area (TPSA) is 51.0 Å². The van der Waals surface area contributed by atoms with E-state index in [0.717, 1.165) is 49.6 Å². The second-order valence-electron chi connectivity index (χ2n) is 5.35. The molecular formula is C14H19N3OS. The summed E-state index contributed by atoms with van der Waals surface area (Å²) in [6.07, 6.45) is 3.33. The lowest BCUT2D eigenvalue weighted by atomic mass is 9.82. The second-order valence-corrected chi connectivity index (χ2v) is 6.09. The number of hydrogen-bond donors (Lipinski definition) is 1. The van der Waals surface area contributed by atoms with Crippen LogP contribution in [0.25, 0.3) is 11.4 Å². The Hall–Kier alpha value is -1.20. The van der Waals surface area contributed by atoms with Crippen molar-refractivity contribution in [1.29, 1.82) is 0 Å². The lowest BCUT2D eigenvalue weighted by Gasteiger charge is -2.22. The van der Waals surface area contributed by atoms with E-state index in [0.29, 0.717) is 0 Å². The van der Waals surface area contributed by atoms with Gasteiger partial charge in [0.25, 0.3) is 0 Å². The zero-order valence-electron chi connectivity index (χ0n) is 11.4. The molecule has 102 valence electrons. The number of nitrogens with one attached hydrogen (secondary N) is 1. The van der Waals surface area contributed by atoms with E-state index in [9.17, 15) is 0 Å². The number of thiophene rings is 1. The Morgan fingerprint density at radius 1 is 1.47 bits per heavy atom. The Morgan fingerprint density at radius 3 is 3.00 bits per heavy atom. The van der Waals surface area contributed by atoms with Crippen LogP contribution in [0.15, 0.2) is 15.3 Å². The van der Waals surface area contributed by atoms with Crippen LogP contribution in [0, 0.1) is 6.92 Å². The van der Waals surface area contributed by atoms with Crippen LogP contribution in [0.2, 0.25) is 0 Å². The molecule has 1 fully saturated rings. The summed E-state index contributed by atoms with van der Waals surface area (Å²) in [6.45, 7) is 6.28. The van der Waals surface area contributed by atoms with Crippen molar-refractivity contribution in [3.05, 3.63) is 22.2 Å². The minimum absolute atomic E-state index is 0.0456. The third-order valence-corrected chi connectivity index (χ3v) is 4.81. The zero-order valence-corrected chi connectivity index (χ0v) is 12.2. The van der Waals surface area contributed by atoms with Crippen LogP contribution in [0.3, 0.4) is 0 Å². The molecule has 0 amide bonds. The third kappa shape index (κ3) is 2.21. The maximum atomic E-state index is 5.59. The van der Waals surface area contributed by atoms with Crippen molar-refractivity contribution in [3.8, 4) is 11.4 Å². The fourth-order valence-electron chi connectivity index (χ4n) is 2.86. The van der Waals surface area contributed by atoms with E-state index in [2.05, 4.69) is 40.1 Å². The lowest BCUT2D eigenvalue weighted by molar-refractivity contribution is 0.277. The van der Waals surface area contributed by atoms with Crippen LogP contribution >= 0.6 is 11.3 Å². The van der Waals surface area contributed by atoms with Gasteiger partial charge in [-0.3, -0.25) is 0 Å². The Kier molecular flexibility index (Phi) is 3.41. The summed E-state index contributed by atoms with van der Waals surface area (Å²) in [4.78, 5) is 4.68. The number of aryl methyl sites for hydroxylation is 1. The van der Waals surface area contributed by atoms with E-state index >= 15 is 0 Å². The van der Waals surface area contributed by atoms with Crippen molar-refractivity contribution >= 4 is 11.3 Å². The summed E-state index contributed by atoms with van der Waals surface area (Å²) in [6, 6.07) is 0. The van der Waals surface area contributed by atoms with Gasteiger partial charge < -0.3 is 9.84 Å². The number of hydrogen-bond acceptors (Lipinski definition) is 5. The first-order valence-corrected chi connectivity index (χ1v) is 7.77. The molecule has 1 unspecified atom stereocenters. The predicted molar refractivity (Wildman–Crippen MR) is 76.4 cm³/mol. The van der Waals surface area contributed by atoms with Gasteiger partial charge in [-0.15, -0.1) is 0 Å². The van der Waals surface area contributed by atoms with Crippen molar-refractivity contribution in [3.63, 3.8) is 0 Å². The first-order valence-electron chi connectivity index (χ1n) is 6.83. The Labute approximate surface area is 117 Å². The van der Waals surface area contributed by atoms with Gasteiger partial charge in [0.05, 0.1) is 5.41 Å². The highest BCUT2D eigenvalue weighted by atomic mass is 32.1. The molecule has 1 aliphatic rings. The minimum atomic E-state index is 0.0456. The number of aromatic nitrogens is 2. The molecule has 1 N–H and O–H groups in total. The van der Waals surface area contributed by atoms with Crippen LogP contribution in [0.4, 0.5) is 0 Å². The summed E-state index contributed by atoms with van der Waals surface area (Å²) in [5.41, 5.74) is 2.35. The van der Waals surface area contributed by atoms with Crippen LogP contribution in [0.1, 0.15) is 37.6 Å². The molecule has 19 heavy (non-hydrogen) atoms. The largest absolute Gasteiger partial charge is 0.338 e. The van der Waals surface area contributed by atoms with E-state index < -0.39 is 0 Å². The van der Waals surface area contributed by atoms with Crippen LogP contribution in [0.5, 0.6) is 0 Å². The zero-order chi connectivity index (χ0) is 13.3. The van der Waals surface area contributed by atoms with E-state index in [4.69, 9.17) is 4.52 Å². The molecule has 5 heteroatoms. The molecule has 1 atom stereocenters. The molecule has 3 rings (SSSR count). The van der Waals surface area contributed by atoms with Gasteiger partial charge in [-0.25, -0.2) is 0 Å². The van der Waals surface area contributed by atoms with Gasteiger partial charge in [-0.05, 0) is 37.3 Å². The standard InChI is InChI=1S/C14H19N3OS/c1-3-4-14(5-6-15-9-14)13-16-12(17-18-13)11-8-19-7-10(11)2/h7-8,15H,3-6,9H2,1-2H3. The summed E-state index contributed by atoms with van der Waals surface area (Å²) >= 11 is 1.68. The van der Waals surface area contributed by atoms with Crippen molar-refractivity contribution in [2.45, 2.75) is 38.5 Å². The number of rotatable bonds is 4. The molecule has 0 spiro atoms. The average molecular weight is 277 g/mol. The van der Waals surface area contributed by atoms with Crippen LogP contribution < -0.4 is 5.32 Å². The molecule has 0 bridgehead atoms. The maximum absolute atomic E-state index is 5.59. The van der Waals surface area contributed by atoms with Crippen molar-refractivity contribution in [1.82, 2.24) is 15.5 Å². The van der Waals surface area contributed by atoms with E-state index in [1.165, 1.54) is 5.56 Å². The molecule has 3 heterocycles. The van der Waals surface area contributed by atoms with Gasteiger partial charge in [-0.2, -0.15) is 16.3 Å². The second kappa shape index (κ2) is 5.06. The maximum Gasteiger partial charge on any atom is 0.234 e. The summed E-state index contributed by atoms with van der Waals surface area (Å²) in [5, 5.41) is 11.8.